The number of halogens is 3. The first-order chi connectivity index (χ1) is 13.6. The average Bonchev–Trinajstić information content (AvgIpc) is 2.68. The van der Waals surface area contributed by atoms with E-state index in [1.807, 2.05) is 0 Å². The molecule has 0 saturated carbocycles. The molecule has 1 aromatic rings. The number of carbonyl (C=O) groups is 1. The number of rotatable bonds is 6. The molecule has 1 fully saturated rings. The molecule has 1 aromatic heterocycles. The van der Waals surface area contributed by atoms with Crippen molar-refractivity contribution in [2.24, 2.45) is 10.9 Å². The zero-order valence-electron chi connectivity index (χ0n) is 15.7. The van der Waals surface area contributed by atoms with E-state index in [4.69, 9.17) is 0 Å². The van der Waals surface area contributed by atoms with E-state index in [-0.39, 0.29) is 31.5 Å². The lowest BCUT2D eigenvalue weighted by Crippen LogP contribution is -2.47. The third-order valence-corrected chi connectivity index (χ3v) is 5.98. The van der Waals surface area contributed by atoms with Gasteiger partial charge < -0.3 is 16.0 Å². The molecular formula is C16H23F3N6O3S. The summed E-state index contributed by atoms with van der Waals surface area (Å²) < 4.78 is 61.1. The number of sulfonamides is 1. The Morgan fingerprint density at radius 3 is 2.55 bits per heavy atom. The topological polar surface area (TPSA) is 116 Å². The van der Waals surface area contributed by atoms with E-state index in [0.717, 1.165) is 0 Å². The number of hydrogen-bond donors (Lipinski definition) is 3. The number of aromatic nitrogens is 1. The maximum atomic E-state index is 12.6. The molecule has 1 amide bonds. The van der Waals surface area contributed by atoms with Crippen LogP contribution in [0.25, 0.3) is 0 Å². The van der Waals surface area contributed by atoms with Crippen LogP contribution in [0.15, 0.2) is 29.5 Å². The molecule has 0 unspecified atom stereocenters. The number of nitrogens with one attached hydrogen (secondary N) is 3. The van der Waals surface area contributed by atoms with E-state index in [0.29, 0.717) is 35.3 Å². The minimum absolute atomic E-state index is 0.0162. The number of guanidine groups is 1. The molecule has 0 aromatic carbocycles. The molecule has 9 nitrogen and oxygen atoms in total. The molecular weight excluding hydrogens is 413 g/mol. The van der Waals surface area contributed by atoms with Crippen molar-refractivity contribution in [2.75, 3.05) is 38.5 Å². The van der Waals surface area contributed by atoms with Crippen molar-refractivity contribution in [3.63, 3.8) is 0 Å². The van der Waals surface area contributed by atoms with Gasteiger partial charge in [0.25, 0.3) is 0 Å². The Morgan fingerprint density at radius 2 is 2.00 bits per heavy atom. The molecule has 0 bridgehead atoms. The van der Waals surface area contributed by atoms with Crippen LogP contribution < -0.4 is 16.0 Å². The van der Waals surface area contributed by atoms with Crippen LogP contribution in [0.4, 0.5) is 18.9 Å². The standard InChI is InChI=1S/C16H23F3N6O3S/c1-20-15(23-11-14(26)24-13-3-2-6-21-10-13)22-9-12-4-7-25(8-5-12)29(27,28)16(17,18)19/h2-3,6,10,12H,4-5,7-9,11H2,1H3,(H,24,26)(H2,20,22,23). The Hall–Kier alpha value is -2.41. The monoisotopic (exact) mass is 436 g/mol. The van der Waals surface area contributed by atoms with Crippen molar-refractivity contribution < 1.29 is 26.4 Å². The number of alkyl halides is 3. The maximum Gasteiger partial charge on any atom is 0.511 e. The van der Waals surface area contributed by atoms with Gasteiger partial charge in [0, 0.05) is 32.9 Å². The average molecular weight is 436 g/mol. The number of carbonyl (C=O) groups excluding carboxylic acids is 1. The van der Waals surface area contributed by atoms with Crippen molar-refractivity contribution in [1.82, 2.24) is 19.9 Å². The van der Waals surface area contributed by atoms with Crippen LogP contribution in [0.5, 0.6) is 0 Å². The van der Waals surface area contributed by atoms with Crippen LogP contribution >= 0.6 is 0 Å². The van der Waals surface area contributed by atoms with Crippen molar-refractivity contribution in [3.05, 3.63) is 24.5 Å². The summed E-state index contributed by atoms with van der Waals surface area (Å²) in [5.74, 6) is 0.0424. The molecule has 3 N–H and O–H groups in total. The zero-order valence-corrected chi connectivity index (χ0v) is 16.6. The van der Waals surface area contributed by atoms with Crippen molar-refractivity contribution >= 4 is 27.6 Å². The molecule has 2 heterocycles. The Morgan fingerprint density at radius 1 is 1.31 bits per heavy atom. The number of pyridine rings is 1. The Labute approximate surface area is 166 Å². The first kappa shape index (κ1) is 22.9. The normalized spacial score (nSPS) is 17.0. The van der Waals surface area contributed by atoms with Gasteiger partial charge in [0.05, 0.1) is 18.4 Å². The van der Waals surface area contributed by atoms with Gasteiger partial charge in [0.1, 0.15) is 0 Å². The Kier molecular flexibility index (Phi) is 7.79. The number of piperidine rings is 1. The molecule has 2 rings (SSSR count). The van der Waals surface area contributed by atoms with Gasteiger partial charge in [-0.2, -0.15) is 17.5 Å². The van der Waals surface area contributed by atoms with Gasteiger partial charge in [-0.3, -0.25) is 14.8 Å². The van der Waals surface area contributed by atoms with Gasteiger partial charge in [-0.15, -0.1) is 0 Å². The highest BCUT2D eigenvalue weighted by Crippen LogP contribution is 2.30. The Bertz CT molecular complexity index is 809. The molecule has 1 aliphatic heterocycles. The molecule has 0 radical (unpaired) electrons. The summed E-state index contributed by atoms with van der Waals surface area (Å²) in [5.41, 5.74) is -4.72. The van der Waals surface area contributed by atoms with E-state index in [1.54, 1.807) is 18.3 Å². The Balaban J connectivity index is 1.73. The van der Waals surface area contributed by atoms with Gasteiger partial charge in [-0.25, -0.2) is 8.42 Å². The third-order valence-electron chi connectivity index (χ3n) is 4.35. The quantitative estimate of drug-likeness (QED) is 0.448. The summed E-state index contributed by atoms with van der Waals surface area (Å²) in [4.78, 5) is 19.8. The highest BCUT2D eigenvalue weighted by Gasteiger charge is 2.50. The predicted octanol–water partition coefficient (Wildman–Crippen LogP) is 0.747. The second kappa shape index (κ2) is 9.87. The highest BCUT2D eigenvalue weighted by molar-refractivity contribution is 7.90. The van der Waals surface area contributed by atoms with Gasteiger partial charge in [-0.05, 0) is 30.9 Å². The molecule has 162 valence electrons. The molecule has 0 atom stereocenters. The summed E-state index contributed by atoms with van der Waals surface area (Å²) in [6.07, 6.45) is 3.68. The molecule has 13 heteroatoms. The van der Waals surface area contributed by atoms with Crippen LogP contribution in [0, 0.1) is 5.92 Å². The lowest BCUT2D eigenvalue weighted by molar-refractivity contribution is -0.115. The van der Waals surface area contributed by atoms with Crippen LogP contribution in [-0.4, -0.2) is 68.3 Å². The first-order valence-corrected chi connectivity index (χ1v) is 10.3. The molecule has 1 saturated heterocycles. The van der Waals surface area contributed by atoms with E-state index >= 15 is 0 Å². The van der Waals surface area contributed by atoms with Crippen LogP contribution in [0.3, 0.4) is 0 Å². The highest BCUT2D eigenvalue weighted by atomic mass is 32.2. The number of nitrogens with zero attached hydrogens (tertiary/aromatic N) is 3. The summed E-state index contributed by atoms with van der Waals surface area (Å²) >= 11 is 0. The summed E-state index contributed by atoms with van der Waals surface area (Å²) in [5, 5.41) is 8.49. The molecule has 29 heavy (non-hydrogen) atoms. The summed E-state index contributed by atoms with van der Waals surface area (Å²) in [6, 6.07) is 3.39. The number of anilines is 1. The van der Waals surface area contributed by atoms with Crippen LogP contribution in [0.1, 0.15) is 12.8 Å². The SMILES string of the molecule is CN=C(NCC(=O)Nc1cccnc1)NCC1CCN(S(=O)(=O)C(F)(F)F)CC1. The molecule has 0 aliphatic carbocycles. The van der Waals surface area contributed by atoms with Crippen molar-refractivity contribution in [1.29, 1.82) is 0 Å². The fourth-order valence-electron chi connectivity index (χ4n) is 2.77. The lowest BCUT2D eigenvalue weighted by Gasteiger charge is -2.31. The zero-order chi connectivity index (χ0) is 21.5. The van der Waals surface area contributed by atoms with Gasteiger partial charge in [0.15, 0.2) is 5.96 Å². The van der Waals surface area contributed by atoms with Crippen molar-refractivity contribution in [2.45, 2.75) is 18.3 Å². The largest absolute Gasteiger partial charge is 0.511 e. The number of hydrogen-bond acceptors (Lipinski definition) is 5. The van der Waals surface area contributed by atoms with Crippen molar-refractivity contribution in [3.8, 4) is 0 Å². The molecule has 1 aliphatic rings. The second-order valence-electron chi connectivity index (χ2n) is 6.39. The van der Waals surface area contributed by atoms with Gasteiger partial charge in [-0.1, -0.05) is 0 Å². The van der Waals surface area contributed by atoms with Crippen LogP contribution in [0.2, 0.25) is 0 Å². The van der Waals surface area contributed by atoms with E-state index in [9.17, 15) is 26.4 Å². The fourth-order valence-corrected chi connectivity index (χ4v) is 3.75. The molecule has 0 spiro atoms. The van der Waals surface area contributed by atoms with Gasteiger partial charge >= 0.3 is 15.5 Å². The van der Waals surface area contributed by atoms with Gasteiger partial charge in [0.2, 0.25) is 5.91 Å². The van der Waals surface area contributed by atoms with Crippen LogP contribution in [-0.2, 0) is 14.8 Å². The lowest BCUT2D eigenvalue weighted by atomic mass is 9.98. The predicted molar refractivity (Wildman–Crippen MR) is 102 cm³/mol. The number of aliphatic imine (C=N–C) groups is 1. The van der Waals surface area contributed by atoms with E-state index in [1.165, 1.54) is 13.2 Å². The minimum Gasteiger partial charge on any atom is -0.356 e. The second-order valence-corrected chi connectivity index (χ2v) is 8.32. The fraction of sp³-hybridized carbons (Fsp3) is 0.562. The smallest absolute Gasteiger partial charge is 0.356 e. The maximum absolute atomic E-state index is 12.6. The number of amides is 1. The third kappa shape index (κ3) is 6.56. The summed E-state index contributed by atoms with van der Waals surface area (Å²) in [7, 11) is -3.75. The van der Waals surface area contributed by atoms with E-state index in [2.05, 4.69) is 25.9 Å². The summed E-state index contributed by atoms with van der Waals surface area (Å²) in [6.45, 7) is -0.0257. The first-order valence-electron chi connectivity index (χ1n) is 8.84. The van der Waals surface area contributed by atoms with E-state index < -0.39 is 15.5 Å². The minimum atomic E-state index is -5.28.